The minimum atomic E-state index is -0.632. The fourth-order valence-corrected chi connectivity index (χ4v) is 6.24. The Balaban J connectivity index is 1.33. The molecule has 3 saturated carbocycles. The minimum absolute atomic E-state index is 0.0226. The topological polar surface area (TPSA) is 64.8 Å². The van der Waals surface area contributed by atoms with Crippen molar-refractivity contribution in [2.45, 2.75) is 70.1 Å². The SMILES string of the molecule is CC1(C)[C@@H]2C[C@H]1[C@H]1OB([C@@H]3CCCN3C(=O)[C@@H](N)c3ccccc3)O[C@@]1(C)C2. The first-order chi connectivity index (χ1) is 13.3. The van der Waals surface area contributed by atoms with Crippen LogP contribution in [0.4, 0.5) is 0 Å². The zero-order valence-corrected chi connectivity index (χ0v) is 17.1. The Morgan fingerprint density at radius 2 is 2.04 bits per heavy atom. The molecule has 0 spiro atoms. The monoisotopic (exact) mass is 382 g/mol. The smallest absolute Gasteiger partial charge is 0.404 e. The summed E-state index contributed by atoms with van der Waals surface area (Å²) in [5.74, 6) is 1.21. The van der Waals surface area contributed by atoms with Gasteiger partial charge in [0.1, 0.15) is 6.04 Å². The van der Waals surface area contributed by atoms with Crippen LogP contribution in [0.3, 0.4) is 0 Å². The van der Waals surface area contributed by atoms with Gasteiger partial charge >= 0.3 is 7.12 Å². The molecule has 6 atom stereocenters. The van der Waals surface area contributed by atoms with Crippen molar-refractivity contribution >= 4 is 13.0 Å². The maximum Gasteiger partial charge on any atom is 0.481 e. The lowest BCUT2D eigenvalue weighted by Crippen LogP contribution is -2.63. The highest BCUT2D eigenvalue weighted by atomic mass is 16.7. The molecule has 1 amide bonds. The van der Waals surface area contributed by atoms with Crippen LogP contribution in [0, 0.1) is 17.3 Å². The van der Waals surface area contributed by atoms with Gasteiger partial charge in [-0.25, -0.2) is 0 Å². The number of carbonyl (C=O) groups is 1. The molecule has 2 bridgehead atoms. The van der Waals surface area contributed by atoms with Crippen LogP contribution in [0.25, 0.3) is 0 Å². The van der Waals surface area contributed by atoms with Crippen LogP contribution in [0.15, 0.2) is 30.3 Å². The van der Waals surface area contributed by atoms with E-state index in [1.54, 1.807) is 0 Å². The minimum Gasteiger partial charge on any atom is -0.404 e. The molecule has 0 radical (unpaired) electrons. The van der Waals surface area contributed by atoms with Gasteiger partial charge in [0.2, 0.25) is 5.91 Å². The quantitative estimate of drug-likeness (QED) is 0.817. The standard InChI is InChI=1S/C22H31BN2O3/c1-21(2)15-12-16(21)19-22(3,13-15)28-23(27-19)17-10-7-11-25(17)20(26)18(24)14-8-5-4-6-9-14/h4-6,8-9,15-19H,7,10-13,24H2,1-3H3/t15-,16+,17+,18+,19-,22+/m1/s1. The predicted molar refractivity (Wildman–Crippen MR) is 108 cm³/mol. The average Bonchev–Trinajstić information content (AvgIpc) is 3.30. The number of rotatable bonds is 3. The summed E-state index contributed by atoms with van der Waals surface area (Å²) >= 11 is 0. The second-order valence-corrected chi connectivity index (χ2v) is 10.0. The number of amides is 1. The van der Waals surface area contributed by atoms with E-state index >= 15 is 0 Å². The van der Waals surface area contributed by atoms with Crippen molar-refractivity contribution in [3.05, 3.63) is 35.9 Å². The Morgan fingerprint density at radius 1 is 1.29 bits per heavy atom. The van der Waals surface area contributed by atoms with Gasteiger partial charge in [-0.2, -0.15) is 0 Å². The van der Waals surface area contributed by atoms with Gasteiger partial charge in [0.25, 0.3) is 0 Å². The molecule has 2 N–H and O–H groups in total. The van der Waals surface area contributed by atoms with Crippen molar-refractivity contribution in [2.24, 2.45) is 23.0 Å². The molecule has 2 aliphatic heterocycles. The second-order valence-electron chi connectivity index (χ2n) is 10.0. The van der Waals surface area contributed by atoms with E-state index in [1.807, 2.05) is 35.2 Å². The number of carbonyl (C=O) groups excluding carboxylic acids is 1. The molecule has 1 aromatic carbocycles. The lowest BCUT2D eigenvalue weighted by molar-refractivity contribution is -0.185. The summed E-state index contributed by atoms with van der Waals surface area (Å²) in [6.07, 6.45) is 4.33. The molecule has 150 valence electrons. The maximum absolute atomic E-state index is 13.2. The molecule has 6 rings (SSSR count). The zero-order chi connectivity index (χ0) is 19.7. The van der Waals surface area contributed by atoms with Gasteiger partial charge in [0, 0.05) is 6.54 Å². The first-order valence-electron chi connectivity index (χ1n) is 10.8. The van der Waals surface area contributed by atoms with E-state index in [4.69, 9.17) is 15.0 Å². The van der Waals surface area contributed by atoms with E-state index in [2.05, 4.69) is 20.8 Å². The van der Waals surface area contributed by atoms with Crippen molar-refractivity contribution in [3.8, 4) is 0 Å². The third-order valence-corrected chi connectivity index (χ3v) is 8.15. The van der Waals surface area contributed by atoms with E-state index < -0.39 is 6.04 Å². The molecule has 2 saturated heterocycles. The summed E-state index contributed by atoms with van der Waals surface area (Å²) in [7, 11) is -0.334. The number of benzene rings is 1. The largest absolute Gasteiger partial charge is 0.481 e. The highest BCUT2D eigenvalue weighted by Gasteiger charge is 2.67. The number of nitrogens with two attached hydrogens (primary N) is 1. The van der Waals surface area contributed by atoms with E-state index in [1.165, 1.54) is 6.42 Å². The third kappa shape index (κ3) is 2.61. The Hall–Kier alpha value is -1.37. The molecule has 0 aromatic heterocycles. The Bertz CT molecular complexity index is 772. The number of hydrogen-bond acceptors (Lipinski definition) is 4. The Kier molecular flexibility index (Phi) is 4.21. The van der Waals surface area contributed by atoms with Gasteiger partial charge < -0.3 is 19.9 Å². The van der Waals surface area contributed by atoms with E-state index in [9.17, 15) is 4.79 Å². The van der Waals surface area contributed by atoms with Crippen LogP contribution in [0.2, 0.25) is 0 Å². The molecule has 3 aliphatic carbocycles. The van der Waals surface area contributed by atoms with E-state index in [0.717, 1.165) is 31.4 Å². The van der Waals surface area contributed by atoms with Crippen LogP contribution in [-0.4, -0.2) is 42.1 Å². The fraction of sp³-hybridized carbons (Fsp3) is 0.682. The second kappa shape index (κ2) is 6.31. The van der Waals surface area contributed by atoms with Gasteiger partial charge in [0.15, 0.2) is 0 Å². The van der Waals surface area contributed by atoms with Crippen molar-refractivity contribution in [2.75, 3.05) is 6.54 Å². The van der Waals surface area contributed by atoms with Gasteiger partial charge in [-0.15, -0.1) is 0 Å². The van der Waals surface area contributed by atoms with E-state index in [-0.39, 0.29) is 30.7 Å². The van der Waals surface area contributed by atoms with Crippen LogP contribution in [0.5, 0.6) is 0 Å². The summed E-state index contributed by atoms with van der Waals surface area (Å²) in [6, 6.07) is 8.99. The zero-order valence-electron chi connectivity index (χ0n) is 17.1. The fourth-order valence-electron chi connectivity index (χ4n) is 6.24. The molecule has 5 nitrogen and oxygen atoms in total. The average molecular weight is 382 g/mol. The molecule has 1 aromatic rings. The van der Waals surface area contributed by atoms with Gasteiger partial charge in [0.05, 0.1) is 17.6 Å². The predicted octanol–water partition coefficient (Wildman–Crippen LogP) is 2.94. The molecule has 6 heteroatoms. The van der Waals surface area contributed by atoms with Gasteiger partial charge in [-0.3, -0.25) is 4.79 Å². The Morgan fingerprint density at radius 3 is 2.75 bits per heavy atom. The molecule has 0 unspecified atom stereocenters. The summed E-state index contributed by atoms with van der Waals surface area (Å²) in [6.45, 7) is 7.67. The van der Waals surface area contributed by atoms with Crippen molar-refractivity contribution in [1.82, 2.24) is 4.90 Å². The first kappa shape index (κ1) is 18.7. The number of hydrogen-bond donors (Lipinski definition) is 1. The van der Waals surface area contributed by atoms with Crippen LogP contribution in [-0.2, 0) is 14.1 Å². The van der Waals surface area contributed by atoms with Crippen LogP contribution in [0.1, 0.15) is 58.1 Å². The molecular weight excluding hydrogens is 351 g/mol. The van der Waals surface area contributed by atoms with Gasteiger partial charge in [-0.05, 0) is 55.4 Å². The molecule has 5 aliphatic rings. The number of nitrogens with zero attached hydrogens (tertiary/aromatic N) is 1. The van der Waals surface area contributed by atoms with Crippen molar-refractivity contribution < 1.29 is 14.1 Å². The third-order valence-electron chi connectivity index (χ3n) is 8.15. The normalized spacial score (nSPS) is 39.4. The summed E-state index contributed by atoms with van der Waals surface area (Å²) in [4.78, 5) is 15.1. The molecule has 2 heterocycles. The van der Waals surface area contributed by atoms with Crippen LogP contribution < -0.4 is 5.73 Å². The lowest BCUT2D eigenvalue weighted by atomic mass is 9.45. The summed E-state index contributed by atoms with van der Waals surface area (Å²) < 4.78 is 13.1. The molecule has 5 fully saturated rings. The lowest BCUT2D eigenvalue weighted by Gasteiger charge is -2.63. The van der Waals surface area contributed by atoms with Crippen molar-refractivity contribution in [3.63, 3.8) is 0 Å². The first-order valence-corrected chi connectivity index (χ1v) is 10.8. The summed E-state index contributed by atoms with van der Waals surface area (Å²) in [5.41, 5.74) is 7.29. The summed E-state index contributed by atoms with van der Waals surface area (Å²) in [5, 5.41) is 0. The highest BCUT2D eigenvalue weighted by Crippen LogP contribution is 2.64. The van der Waals surface area contributed by atoms with E-state index in [0.29, 0.717) is 17.3 Å². The van der Waals surface area contributed by atoms with Gasteiger partial charge in [-0.1, -0.05) is 44.2 Å². The highest BCUT2D eigenvalue weighted by molar-refractivity contribution is 6.48. The van der Waals surface area contributed by atoms with Crippen LogP contribution >= 0.6 is 0 Å². The van der Waals surface area contributed by atoms with Crippen molar-refractivity contribution in [1.29, 1.82) is 0 Å². The number of likely N-dealkylation sites (tertiary alicyclic amines) is 1. The Labute approximate surface area is 168 Å². The molecule has 28 heavy (non-hydrogen) atoms. The maximum atomic E-state index is 13.2. The molecular formula is C22H31BN2O3.